The van der Waals surface area contributed by atoms with E-state index in [1.54, 1.807) is 0 Å². The molecule has 1 N–H and O–H groups in total. The molecule has 1 aromatic carbocycles. The zero-order valence-electron chi connectivity index (χ0n) is 11.0. The molecule has 2 heterocycles. The first-order chi connectivity index (χ1) is 9.42. The normalized spacial score (nSPS) is 19.5. The Morgan fingerprint density at radius 1 is 1.32 bits per heavy atom. The monoisotopic (exact) mass is 257 g/mol. The van der Waals surface area contributed by atoms with E-state index in [1.165, 1.54) is 6.42 Å². The lowest BCUT2D eigenvalue weighted by molar-refractivity contribution is 0.0253. The van der Waals surface area contributed by atoms with Gasteiger partial charge in [-0.2, -0.15) is 5.10 Å². The molecule has 2 aromatic rings. The van der Waals surface area contributed by atoms with Crippen LogP contribution in [0, 0.1) is 0 Å². The third kappa shape index (κ3) is 3.22. The van der Waals surface area contributed by atoms with Crippen molar-refractivity contribution in [3.8, 4) is 5.69 Å². The molecule has 1 saturated heterocycles. The Morgan fingerprint density at radius 3 is 3.00 bits per heavy atom. The third-order valence-corrected chi connectivity index (χ3v) is 3.39. The van der Waals surface area contributed by atoms with E-state index in [2.05, 4.69) is 10.4 Å². The maximum absolute atomic E-state index is 5.90. The fourth-order valence-electron chi connectivity index (χ4n) is 2.33. The van der Waals surface area contributed by atoms with E-state index in [4.69, 9.17) is 4.74 Å². The summed E-state index contributed by atoms with van der Waals surface area (Å²) in [6.45, 7) is 2.72. The largest absolute Gasteiger partial charge is 0.372 e. The molecule has 1 aromatic heterocycles. The summed E-state index contributed by atoms with van der Waals surface area (Å²) in [6, 6.07) is 10.1. The first-order valence-electron chi connectivity index (χ1n) is 6.83. The molecular formula is C15H19N3O. The fourth-order valence-corrected chi connectivity index (χ4v) is 2.33. The maximum Gasteiger partial charge on any atom is 0.0752 e. The molecule has 1 aliphatic rings. The van der Waals surface area contributed by atoms with Crippen molar-refractivity contribution in [3.05, 3.63) is 48.3 Å². The van der Waals surface area contributed by atoms with Crippen LogP contribution in [-0.4, -0.2) is 29.0 Å². The molecule has 0 spiro atoms. The molecule has 0 radical (unpaired) electrons. The van der Waals surface area contributed by atoms with E-state index in [0.29, 0.717) is 12.7 Å². The second kappa shape index (κ2) is 5.99. The number of piperidine rings is 1. The summed E-state index contributed by atoms with van der Waals surface area (Å²) in [7, 11) is 0. The Labute approximate surface area is 113 Å². The smallest absolute Gasteiger partial charge is 0.0752 e. The van der Waals surface area contributed by atoms with Gasteiger partial charge in [0.1, 0.15) is 0 Å². The van der Waals surface area contributed by atoms with Gasteiger partial charge in [0.15, 0.2) is 0 Å². The molecule has 4 nitrogen and oxygen atoms in total. The van der Waals surface area contributed by atoms with Crippen LogP contribution in [0.2, 0.25) is 0 Å². The predicted molar refractivity (Wildman–Crippen MR) is 74.2 cm³/mol. The van der Waals surface area contributed by atoms with Crippen molar-refractivity contribution in [1.29, 1.82) is 0 Å². The minimum Gasteiger partial charge on any atom is -0.372 e. The molecule has 0 amide bonds. The second-order valence-electron chi connectivity index (χ2n) is 4.91. The number of benzene rings is 1. The van der Waals surface area contributed by atoms with Crippen molar-refractivity contribution in [2.45, 2.75) is 25.6 Å². The highest BCUT2D eigenvalue weighted by Gasteiger charge is 2.13. The number of aromatic nitrogens is 2. The summed E-state index contributed by atoms with van der Waals surface area (Å²) in [5, 5.41) is 7.73. The van der Waals surface area contributed by atoms with Gasteiger partial charge < -0.3 is 10.1 Å². The van der Waals surface area contributed by atoms with E-state index in [1.807, 2.05) is 47.4 Å². The quantitative estimate of drug-likeness (QED) is 0.912. The topological polar surface area (TPSA) is 39.1 Å². The Morgan fingerprint density at radius 2 is 2.21 bits per heavy atom. The van der Waals surface area contributed by atoms with Gasteiger partial charge in [-0.15, -0.1) is 0 Å². The van der Waals surface area contributed by atoms with E-state index in [0.717, 1.165) is 30.8 Å². The van der Waals surface area contributed by atoms with Crippen molar-refractivity contribution < 1.29 is 4.74 Å². The van der Waals surface area contributed by atoms with E-state index >= 15 is 0 Å². The Bertz CT molecular complexity index is 503. The number of ether oxygens (including phenoxy) is 1. The molecule has 1 atom stereocenters. The first-order valence-corrected chi connectivity index (χ1v) is 6.83. The summed E-state index contributed by atoms with van der Waals surface area (Å²) < 4.78 is 7.79. The highest BCUT2D eigenvalue weighted by molar-refractivity contribution is 5.30. The molecular weight excluding hydrogens is 238 g/mol. The van der Waals surface area contributed by atoms with E-state index in [9.17, 15) is 0 Å². The third-order valence-electron chi connectivity index (χ3n) is 3.39. The van der Waals surface area contributed by atoms with Crippen LogP contribution in [0.15, 0.2) is 42.7 Å². The molecule has 19 heavy (non-hydrogen) atoms. The Kier molecular flexibility index (Phi) is 3.91. The van der Waals surface area contributed by atoms with Crippen LogP contribution in [-0.2, 0) is 11.3 Å². The SMILES string of the molecule is c1ccc(-n2cc(COC3CCCNC3)cn2)cc1. The van der Waals surface area contributed by atoms with Crippen molar-refractivity contribution in [2.24, 2.45) is 0 Å². The molecule has 1 aliphatic heterocycles. The number of para-hydroxylation sites is 1. The van der Waals surface area contributed by atoms with Gasteiger partial charge in [-0.05, 0) is 31.5 Å². The van der Waals surface area contributed by atoms with Gasteiger partial charge in [-0.25, -0.2) is 4.68 Å². The summed E-state index contributed by atoms with van der Waals surface area (Å²) in [6.07, 6.45) is 6.61. The van der Waals surface area contributed by atoms with Gasteiger partial charge in [-0.1, -0.05) is 18.2 Å². The maximum atomic E-state index is 5.90. The summed E-state index contributed by atoms with van der Waals surface area (Å²) in [5.41, 5.74) is 2.20. The summed E-state index contributed by atoms with van der Waals surface area (Å²) in [5.74, 6) is 0. The van der Waals surface area contributed by atoms with Crippen LogP contribution < -0.4 is 5.32 Å². The van der Waals surface area contributed by atoms with Crippen molar-refractivity contribution in [3.63, 3.8) is 0 Å². The van der Waals surface area contributed by atoms with Crippen LogP contribution >= 0.6 is 0 Å². The van der Waals surface area contributed by atoms with Gasteiger partial charge in [-0.3, -0.25) is 0 Å². The van der Waals surface area contributed by atoms with Crippen molar-refractivity contribution in [1.82, 2.24) is 15.1 Å². The highest BCUT2D eigenvalue weighted by atomic mass is 16.5. The fraction of sp³-hybridized carbons (Fsp3) is 0.400. The average Bonchev–Trinajstić information content (AvgIpc) is 2.96. The lowest BCUT2D eigenvalue weighted by atomic mass is 10.1. The molecule has 4 heteroatoms. The van der Waals surface area contributed by atoms with Gasteiger partial charge in [0.2, 0.25) is 0 Å². The molecule has 100 valence electrons. The minimum atomic E-state index is 0.342. The highest BCUT2D eigenvalue weighted by Crippen LogP contribution is 2.11. The van der Waals surface area contributed by atoms with Crippen molar-refractivity contribution in [2.75, 3.05) is 13.1 Å². The number of hydrogen-bond acceptors (Lipinski definition) is 3. The molecule has 0 bridgehead atoms. The minimum absolute atomic E-state index is 0.342. The average molecular weight is 257 g/mol. The van der Waals surface area contributed by atoms with Gasteiger partial charge in [0, 0.05) is 18.3 Å². The zero-order valence-corrected chi connectivity index (χ0v) is 11.0. The van der Waals surface area contributed by atoms with Crippen molar-refractivity contribution >= 4 is 0 Å². The Balaban J connectivity index is 1.59. The molecule has 1 fully saturated rings. The number of rotatable bonds is 4. The predicted octanol–water partition coefficient (Wildman–Crippen LogP) is 2.14. The van der Waals surface area contributed by atoms with Gasteiger partial charge >= 0.3 is 0 Å². The molecule has 3 rings (SSSR count). The van der Waals surface area contributed by atoms with Crippen LogP contribution in [0.1, 0.15) is 18.4 Å². The number of nitrogens with zero attached hydrogens (tertiary/aromatic N) is 2. The van der Waals surface area contributed by atoms with Crippen LogP contribution in [0.5, 0.6) is 0 Å². The number of hydrogen-bond donors (Lipinski definition) is 1. The van der Waals surface area contributed by atoms with Crippen LogP contribution in [0.4, 0.5) is 0 Å². The lowest BCUT2D eigenvalue weighted by Gasteiger charge is -2.22. The molecule has 0 saturated carbocycles. The molecule has 1 unspecified atom stereocenters. The van der Waals surface area contributed by atoms with Gasteiger partial charge in [0.25, 0.3) is 0 Å². The lowest BCUT2D eigenvalue weighted by Crippen LogP contribution is -2.35. The van der Waals surface area contributed by atoms with Crippen LogP contribution in [0.25, 0.3) is 5.69 Å². The van der Waals surface area contributed by atoms with Gasteiger partial charge in [0.05, 0.1) is 24.6 Å². The second-order valence-corrected chi connectivity index (χ2v) is 4.91. The van der Waals surface area contributed by atoms with E-state index < -0.39 is 0 Å². The first kappa shape index (κ1) is 12.4. The number of nitrogens with one attached hydrogen (secondary N) is 1. The summed E-state index contributed by atoms with van der Waals surface area (Å²) in [4.78, 5) is 0. The zero-order chi connectivity index (χ0) is 12.9. The standard InChI is InChI=1S/C15H19N3O/c1-2-5-14(6-3-1)18-11-13(9-17-18)12-19-15-7-4-8-16-10-15/h1-3,5-6,9,11,15-16H,4,7-8,10,12H2. The van der Waals surface area contributed by atoms with E-state index in [-0.39, 0.29) is 0 Å². The summed E-state index contributed by atoms with van der Waals surface area (Å²) >= 11 is 0. The Hall–Kier alpha value is -1.65. The molecule has 0 aliphatic carbocycles. The van der Waals surface area contributed by atoms with Crippen LogP contribution in [0.3, 0.4) is 0 Å².